The highest BCUT2D eigenvalue weighted by Gasteiger charge is 2.37. The fourth-order valence-corrected chi connectivity index (χ4v) is 4.76. The Morgan fingerprint density at radius 1 is 1.31 bits per heavy atom. The van der Waals surface area contributed by atoms with E-state index in [2.05, 4.69) is 31.9 Å². The molecule has 0 aromatic carbocycles. The molecule has 5 heterocycles. The van der Waals surface area contributed by atoms with Crippen LogP contribution in [0, 0.1) is 5.82 Å². The number of aromatic nitrogens is 5. The van der Waals surface area contributed by atoms with Crippen molar-refractivity contribution in [3.8, 4) is 0 Å². The Morgan fingerprint density at radius 3 is 2.86 bits per heavy atom. The average Bonchev–Trinajstić information content (AvgIpc) is 3.56. The lowest BCUT2D eigenvalue weighted by molar-refractivity contribution is -0.131. The molecule has 0 spiro atoms. The molecule has 0 saturated carbocycles. The first-order valence-electron chi connectivity index (χ1n) is 11.4. The summed E-state index contributed by atoms with van der Waals surface area (Å²) >= 11 is 0. The molecule has 2 fully saturated rings. The van der Waals surface area contributed by atoms with Gasteiger partial charge in [0.1, 0.15) is 11.3 Å². The molecule has 2 aliphatic rings. The molecule has 35 heavy (non-hydrogen) atoms. The summed E-state index contributed by atoms with van der Waals surface area (Å²) in [6, 6.07) is -0.689. The Bertz CT molecular complexity index is 1280. The number of ether oxygens (including phenoxy) is 1. The maximum absolute atomic E-state index is 13.4. The Hall–Kier alpha value is -3.80. The van der Waals surface area contributed by atoms with Crippen molar-refractivity contribution in [3.05, 3.63) is 48.8 Å². The number of amides is 2. The number of carbonyl (C=O) groups is 2. The van der Waals surface area contributed by atoms with E-state index in [1.807, 2.05) is 13.8 Å². The van der Waals surface area contributed by atoms with Crippen molar-refractivity contribution in [1.29, 1.82) is 0 Å². The van der Waals surface area contributed by atoms with Gasteiger partial charge in [-0.1, -0.05) is 6.58 Å². The highest BCUT2D eigenvalue weighted by molar-refractivity contribution is 6.04. The molecule has 2 saturated heterocycles. The largest absolute Gasteiger partial charge is 0.377 e. The molecule has 2 amide bonds. The van der Waals surface area contributed by atoms with E-state index < -0.39 is 11.4 Å². The summed E-state index contributed by atoms with van der Waals surface area (Å²) in [5, 5.41) is 6.98. The zero-order valence-electron chi connectivity index (χ0n) is 19.6. The van der Waals surface area contributed by atoms with Gasteiger partial charge in [-0.05, 0) is 19.9 Å². The second-order valence-corrected chi connectivity index (χ2v) is 9.38. The molecule has 0 bridgehead atoms. The minimum absolute atomic E-state index is 0.104. The fourth-order valence-electron chi connectivity index (χ4n) is 4.76. The van der Waals surface area contributed by atoms with Crippen molar-refractivity contribution in [2.45, 2.75) is 31.5 Å². The van der Waals surface area contributed by atoms with Gasteiger partial charge in [0.2, 0.25) is 5.91 Å². The molecule has 3 aromatic heterocycles. The fraction of sp³-hybridized carbons (Fsp3) is 0.435. The summed E-state index contributed by atoms with van der Waals surface area (Å²) in [5.41, 5.74) is 0.864. The van der Waals surface area contributed by atoms with Crippen LogP contribution in [-0.2, 0) is 9.53 Å². The summed E-state index contributed by atoms with van der Waals surface area (Å²) in [6.07, 6.45) is 6.98. The Balaban J connectivity index is 1.35. The third-order valence-electron chi connectivity index (χ3n) is 6.56. The first-order chi connectivity index (χ1) is 16.8. The number of fused-ring (bicyclic) bond motifs is 1. The smallest absolute Gasteiger partial charge is 0.255 e. The predicted octanol–water partition coefficient (Wildman–Crippen LogP) is 1.28. The molecule has 12 heteroatoms. The highest BCUT2D eigenvalue weighted by Crippen LogP contribution is 2.27. The number of carbonyl (C=O) groups excluding carboxylic acids is 2. The van der Waals surface area contributed by atoms with Gasteiger partial charge in [0.25, 0.3) is 5.91 Å². The van der Waals surface area contributed by atoms with Gasteiger partial charge in [0, 0.05) is 25.8 Å². The van der Waals surface area contributed by atoms with Crippen LogP contribution >= 0.6 is 0 Å². The number of rotatable bonds is 5. The average molecular weight is 483 g/mol. The molecule has 3 aromatic rings. The number of piperazine rings is 1. The molecular weight excluding hydrogens is 455 g/mol. The van der Waals surface area contributed by atoms with E-state index in [0.29, 0.717) is 55.4 Å². The third-order valence-corrected chi connectivity index (χ3v) is 6.56. The maximum Gasteiger partial charge on any atom is 0.255 e. The second-order valence-electron chi connectivity index (χ2n) is 9.38. The normalized spacial score (nSPS) is 21.9. The van der Waals surface area contributed by atoms with Gasteiger partial charge < -0.3 is 24.8 Å². The lowest BCUT2D eigenvalue weighted by atomic mass is 9.98. The number of aromatic amines is 1. The van der Waals surface area contributed by atoms with Crippen LogP contribution in [0.2, 0.25) is 0 Å². The van der Waals surface area contributed by atoms with Gasteiger partial charge in [-0.15, -0.1) is 0 Å². The van der Waals surface area contributed by atoms with Gasteiger partial charge in [-0.2, -0.15) is 5.10 Å². The van der Waals surface area contributed by atoms with E-state index in [0.717, 1.165) is 6.20 Å². The van der Waals surface area contributed by atoms with Crippen molar-refractivity contribution in [1.82, 2.24) is 34.9 Å². The number of nitrogens with zero attached hydrogens (tertiary/aromatic N) is 6. The van der Waals surface area contributed by atoms with E-state index in [1.54, 1.807) is 17.3 Å². The van der Waals surface area contributed by atoms with Gasteiger partial charge in [-0.25, -0.2) is 14.4 Å². The van der Waals surface area contributed by atoms with Gasteiger partial charge >= 0.3 is 0 Å². The molecule has 5 rings (SSSR count). The lowest BCUT2D eigenvalue weighted by Crippen LogP contribution is -2.61. The molecule has 0 radical (unpaired) electrons. The van der Waals surface area contributed by atoms with Crippen LogP contribution in [0.25, 0.3) is 11.2 Å². The van der Waals surface area contributed by atoms with Crippen LogP contribution in [0.1, 0.15) is 30.2 Å². The van der Waals surface area contributed by atoms with Gasteiger partial charge in [-0.3, -0.25) is 14.3 Å². The van der Waals surface area contributed by atoms with Crippen LogP contribution in [0.4, 0.5) is 10.2 Å². The Kier molecular flexibility index (Phi) is 5.75. The summed E-state index contributed by atoms with van der Waals surface area (Å²) in [4.78, 5) is 41.4. The SMILES string of the molecule is C=CC(=O)N1CCN(c2cnc3[nH]cc(C(=O)N[C@@H]4COC[C@@H]4n4cc(F)cn4)c3n2)CC1(C)C. The summed E-state index contributed by atoms with van der Waals surface area (Å²) < 4.78 is 20.4. The lowest BCUT2D eigenvalue weighted by Gasteiger charge is -2.47. The van der Waals surface area contributed by atoms with Crippen LogP contribution in [-0.4, -0.2) is 85.9 Å². The molecule has 184 valence electrons. The van der Waals surface area contributed by atoms with Crippen molar-refractivity contribution in [3.63, 3.8) is 0 Å². The van der Waals surface area contributed by atoms with E-state index in [4.69, 9.17) is 9.72 Å². The summed E-state index contributed by atoms with van der Waals surface area (Å²) in [5.74, 6) is -0.260. The molecule has 11 nitrogen and oxygen atoms in total. The zero-order valence-corrected chi connectivity index (χ0v) is 19.6. The van der Waals surface area contributed by atoms with E-state index in [-0.39, 0.29) is 23.9 Å². The van der Waals surface area contributed by atoms with Crippen LogP contribution in [0.15, 0.2) is 37.4 Å². The number of H-pyrrole nitrogens is 1. The standard InChI is InChI=1S/C23H27FN8O3/c1-4-19(33)31-6-5-30(13-23(31,2)3)18-9-26-21-20(29-18)15(8-25-21)22(34)28-16-11-35-12-17(16)32-10-14(24)7-27-32/h4,7-10,16-17H,1,5-6,11-13H2,2-3H3,(H,25,26)(H,28,34)/t16-,17+/m1/s1. The van der Waals surface area contributed by atoms with Crippen LogP contribution in [0.3, 0.4) is 0 Å². The van der Waals surface area contributed by atoms with Crippen molar-refractivity contribution >= 4 is 28.8 Å². The molecule has 0 unspecified atom stereocenters. The minimum Gasteiger partial charge on any atom is -0.377 e. The van der Waals surface area contributed by atoms with E-state index in [9.17, 15) is 14.0 Å². The molecular formula is C23H27FN8O3. The number of hydrogen-bond donors (Lipinski definition) is 2. The van der Waals surface area contributed by atoms with Crippen molar-refractivity contribution in [2.75, 3.05) is 37.7 Å². The quantitative estimate of drug-likeness (QED) is 0.526. The monoisotopic (exact) mass is 482 g/mol. The minimum atomic E-state index is -0.445. The number of anilines is 1. The molecule has 0 aliphatic carbocycles. The molecule has 2 aliphatic heterocycles. The number of nitrogens with one attached hydrogen (secondary N) is 2. The van der Waals surface area contributed by atoms with Crippen LogP contribution in [0.5, 0.6) is 0 Å². The number of hydrogen-bond acceptors (Lipinski definition) is 7. The summed E-state index contributed by atoms with van der Waals surface area (Å²) in [7, 11) is 0. The maximum atomic E-state index is 13.4. The van der Waals surface area contributed by atoms with E-state index >= 15 is 0 Å². The highest BCUT2D eigenvalue weighted by atomic mass is 19.1. The predicted molar refractivity (Wildman–Crippen MR) is 125 cm³/mol. The van der Waals surface area contributed by atoms with Crippen LogP contribution < -0.4 is 10.2 Å². The van der Waals surface area contributed by atoms with Crippen molar-refractivity contribution < 1.29 is 18.7 Å². The topological polar surface area (TPSA) is 121 Å². The molecule has 2 atom stereocenters. The van der Waals surface area contributed by atoms with Gasteiger partial charge in [0.05, 0.1) is 55.0 Å². The Labute approximate surface area is 201 Å². The first kappa shape index (κ1) is 23.0. The van der Waals surface area contributed by atoms with Gasteiger partial charge in [0.15, 0.2) is 11.5 Å². The second kappa shape index (κ2) is 8.77. The third kappa shape index (κ3) is 4.25. The number of halogens is 1. The Morgan fingerprint density at radius 2 is 2.14 bits per heavy atom. The summed E-state index contributed by atoms with van der Waals surface area (Å²) in [6.45, 7) is 9.85. The zero-order chi connectivity index (χ0) is 24.7. The first-order valence-corrected chi connectivity index (χ1v) is 11.4. The molecule has 2 N–H and O–H groups in total. The van der Waals surface area contributed by atoms with E-state index in [1.165, 1.54) is 17.0 Å². The van der Waals surface area contributed by atoms with Crippen molar-refractivity contribution in [2.24, 2.45) is 0 Å².